The molecule has 8 heteroatoms. The summed E-state index contributed by atoms with van der Waals surface area (Å²) in [6.45, 7) is 2.00. The lowest BCUT2D eigenvalue weighted by atomic mass is 9.95. The lowest BCUT2D eigenvalue weighted by Gasteiger charge is -2.26. The van der Waals surface area contributed by atoms with Crippen molar-refractivity contribution in [1.82, 2.24) is 9.80 Å². The van der Waals surface area contributed by atoms with Gasteiger partial charge in [-0.15, -0.1) is 0 Å². The first-order valence-electron chi connectivity index (χ1n) is 10.5. The first-order valence-corrected chi connectivity index (χ1v) is 10.8. The highest BCUT2D eigenvalue weighted by molar-refractivity contribution is 6.46. The molecule has 1 fully saturated rings. The van der Waals surface area contributed by atoms with E-state index in [2.05, 4.69) is 0 Å². The summed E-state index contributed by atoms with van der Waals surface area (Å²) in [5.74, 6) is -0.505. The molecule has 0 saturated carbocycles. The normalized spacial score (nSPS) is 19.6. The Kier molecular flexibility index (Phi) is 6.39. The van der Waals surface area contributed by atoms with Gasteiger partial charge >= 0.3 is 0 Å². The van der Waals surface area contributed by atoms with E-state index in [9.17, 15) is 14.7 Å². The second kappa shape index (κ2) is 9.22. The first kappa shape index (κ1) is 22.2. The predicted octanol–water partition coefficient (Wildman–Crippen LogP) is 3.48. The maximum atomic E-state index is 13.1. The predicted molar refractivity (Wildman–Crippen MR) is 121 cm³/mol. The van der Waals surface area contributed by atoms with Crippen molar-refractivity contribution in [2.24, 2.45) is 0 Å². The molecule has 4 rings (SSSR count). The van der Waals surface area contributed by atoms with Crippen molar-refractivity contribution in [3.63, 3.8) is 0 Å². The molecule has 1 N–H and O–H groups in total. The number of carbonyl (C=O) groups is 2. The molecule has 0 aromatic heterocycles. The number of rotatable bonds is 6. The fourth-order valence-corrected chi connectivity index (χ4v) is 4.13. The van der Waals surface area contributed by atoms with Gasteiger partial charge in [0.05, 0.1) is 11.6 Å². The van der Waals surface area contributed by atoms with Crippen molar-refractivity contribution < 1.29 is 24.2 Å². The molecular formula is C24H25ClN2O5. The molecule has 2 aromatic rings. The van der Waals surface area contributed by atoms with Crippen molar-refractivity contribution >= 4 is 29.1 Å². The van der Waals surface area contributed by atoms with E-state index in [0.717, 1.165) is 6.54 Å². The number of likely N-dealkylation sites (tertiary alicyclic amines) is 1. The second-order valence-electron chi connectivity index (χ2n) is 8.06. The minimum Gasteiger partial charge on any atom is -0.507 e. The summed E-state index contributed by atoms with van der Waals surface area (Å²) >= 11 is 6.05. The first-order chi connectivity index (χ1) is 15.4. The summed E-state index contributed by atoms with van der Waals surface area (Å²) < 4.78 is 11.1. The van der Waals surface area contributed by atoms with Crippen LogP contribution in [0.3, 0.4) is 0 Å². The average molecular weight is 457 g/mol. The molecule has 1 atom stereocenters. The SMILES string of the molecule is CN(C)CCCN1C(=O)C(=O)/C(=C(/O)c2ccc3c(c2)OCCO3)[C@@H]1c1ccc(Cl)cc1. The van der Waals surface area contributed by atoms with Gasteiger partial charge in [-0.25, -0.2) is 0 Å². The van der Waals surface area contributed by atoms with Crippen LogP contribution in [0, 0.1) is 0 Å². The monoisotopic (exact) mass is 456 g/mol. The number of aliphatic hydroxyl groups excluding tert-OH is 1. The highest BCUT2D eigenvalue weighted by atomic mass is 35.5. The van der Waals surface area contributed by atoms with Gasteiger partial charge in [0.2, 0.25) is 0 Å². The summed E-state index contributed by atoms with van der Waals surface area (Å²) in [6, 6.07) is 11.2. The lowest BCUT2D eigenvalue weighted by molar-refractivity contribution is -0.139. The fraction of sp³-hybridized carbons (Fsp3) is 0.333. The Morgan fingerprint density at radius 1 is 1.09 bits per heavy atom. The minimum atomic E-state index is -0.706. The van der Waals surface area contributed by atoms with Gasteiger partial charge in [0, 0.05) is 17.1 Å². The number of aliphatic hydroxyl groups is 1. The Balaban J connectivity index is 1.77. The van der Waals surface area contributed by atoms with Crippen molar-refractivity contribution in [2.75, 3.05) is 40.4 Å². The van der Waals surface area contributed by atoms with Gasteiger partial charge in [-0.05, 0) is 63.0 Å². The van der Waals surface area contributed by atoms with E-state index < -0.39 is 17.7 Å². The molecule has 0 radical (unpaired) electrons. The van der Waals surface area contributed by atoms with Crippen LogP contribution in [-0.2, 0) is 9.59 Å². The molecular weight excluding hydrogens is 432 g/mol. The summed E-state index contributed by atoms with van der Waals surface area (Å²) in [6.07, 6.45) is 0.689. The number of hydrogen-bond donors (Lipinski definition) is 1. The molecule has 0 spiro atoms. The molecule has 2 aliphatic heterocycles. The van der Waals surface area contributed by atoms with Gasteiger partial charge in [-0.1, -0.05) is 23.7 Å². The highest BCUT2D eigenvalue weighted by Crippen LogP contribution is 2.41. The molecule has 168 valence electrons. The van der Waals surface area contributed by atoms with Crippen molar-refractivity contribution in [1.29, 1.82) is 0 Å². The molecule has 2 aromatic carbocycles. The van der Waals surface area contributed by atoms with Crippen LogP contribution in [0.2, 0.25) is 5.02 Å². The Hall–Kier alpha value is -3.03. The number of nitrogens with zero attached hydrogens (tertiary/aromatic N) is 2. The molecule has 2 heterocycles. The van der Waals surface area contributed by atoms with Crippen LogP contribution in [0.4, 0.5) is 0 Å². The summed E-state index contributed by atoms with van der Waals surface area (Å²) in [7, 11) is 3.90. The Morgan fingerprint density at radius 3 is 2.47 bits per heavy atom. The molecule has 1 amide bonds. The van der Waals surface area contributed by atoms with Crippen molar-refractivity contribution in [2.45, 2.75) is 12.5 Å². The van der Waals surface area contributed by atoms with E-state index in [1.165, 1.54) is 4.90 Å². The largest absolute Gasteiger partial charge is 0.507 e. The third-order valence-electron chi connectivity index (χ3n) is 5.55. The topological polar surface area (TPSA) is 79.3 Å². The molecule has 2 aliphatic rings. The highest BCUT2D eigenvalue weighted by Gasteiger charge is 2.45. The number of Topliss-reactive ketones (excluding diaryl/α,β-unsaturated/α-hetero) is 1. The van der Waals surface area contributed by atoms with E-state index in [0.29, 0.717) is 53.8 Å². The zero-order valence-corrected chi connectivity index (χ0v) is 18.8. The van der Waals surface area contributed by atoms with Gasteiger partial charge in [0.25, 0.3) is 11.7 Å². The maximum absolute atomic E-state index is 13.1. The van der Waals surface area contributed by atoms with Gasteiger partial charge in [0.1, 0.15) is 19.0 Å². The van der Waals surface area contributed by atoms with Crippen LogP contribution in [-0.4, -0.2) is 67.0 Å². The van der Waals surface area contributed by atoms with E-state index >= 15 is 0 Å². The quantitative estimate of drug-likeness (QED) is 0.407. The number of fused-ring (bicyclic) bond motifs is 1. The second-order valence-corrected chi connectivity index (χ2v) is 8.50. The van der Waals surface area contributed by atoms with Crippen molar-refractivity contribution in [3.05, 3.63) is 64.2 Å². The zero-order chi connectivity index (χ0) is 22.8. The number of amides is 1. The van der Waals surface area contributed by atoms with Gasteiger partial charge in [-0.2, -0.15) is 0 Å². The molecule has 0 unspecified atom stereocenters. The molecule has 0 bridgehead atoms. The van der Waals surface area contributed by atoms with Crippen LogP contribution in [0.25, 0.3) is 5.76 Å². The number of benzene rings is 2. The zero-order valence-electron chi connectivity index (χ0n) is 18.0. The Bertz CT molecular complexity index is 1060. The summed E-state index contributed by atoms with van der Waals surface area (Å²) in [5.41, 5.74) is 1.15. The standard InChI is InChI=1S/C24H25ClN2O5/c1-26(2)10-3-11-27-21(15-4-7-17(25)8-5-15)20(23(29)24(27)30)22(28)16-6-9-18-19(14-16)32-13-12-31-18/h4-9,14,21,28H,3,10-13H2,1-2H3/b22-20+/t21-/m0/s1. The number of carbonyl (C=O) groups excluding carboxylic acids is 2. The van der Waals surface area contributed by atoms with Crippen LogP contribution < -0.4 is 9.47 Å². The number of ketones is 1. The van der Waals surface area contributed by atoms with Gasteiger partial charge in [-0.3, -0.25) is 9.59 Å². The Morgan fingerprint density at radius 2 is 1.78 bits per heavy atom. The number of ether oxygens (including phenoxy) is 2. The lowest BCUT2D eigenvalue weighted by Crippen LogP contribution is -2.32. The number of halogens is 1. The van der Waals surface area contributed by atoms with E-state index in [4.69, 9.17) is 21.1 Å². The van der Waals surface area contributed by atoms with Crippen LogP contribution in [0.15, 0.2) is 48.0 Å². The summed E-state index contributed by atoms with van der Waals surface area (Å²) in [4.78, 5) is 29.6. The van der Waals surface area contributed by atoms with E-state index in [-0.39, 0.29) is 11.3 Å². The fourth-order valence-electron chi connectivity index (χ4n) is 4.01. The average Bonchev–Trinajstić information content (AvgIpc) is 3.03. The van der Waals surface area contributed by atoms with Crippen molar-refractivity contribution in [3.8, 4) is 11.5 Å². The molecule has 1 saturated heterocycles. The third kappa shape index (κ3) is 4.31. The Labute approximate surface area is 191 Å². The van der Waals surface area contributed by atoms with E-state index in [1.54, 1.807) is 42.5 Å². The minimum absolute atomic E-state index is 0.0545. The van der Waals surface area contributed by atoms with Crippen LogP contribution >= 0.6 is 11.6 Å². The molecule has 7 nitrogen and oxygen atoms in total. The maximum Gasteiger partial charge on any atom is 0.295 e. The molecule has 32 heavy (non-hydrogen) atoms. The van der Waals surface area contributed by atoms with Crippen LogP contribution in [0.5, 0.6) is 11.5 Å². The smallest absolute Gasteiger partial charge is 0.295 e. The van der Waals surface area contributed by atoms with Gasteiger partial charge in [0.15, 0.2) is 11.5 Å². The molecule has 0 aliphatic carbocycles. The van der Waals surface area contributed by atoms with E-state index in [1.807, 2.05) is 19.0 Å². The number of hydrogen-bond acceptors (Lipinski definition) is 6. The van der Waals surface area contributed by atoms with Gasteiger partial charge < -0.3 is 24.4 Å². The summed E-state index contributed by atoms with van der Waals surface area (Å²) in [5, 5.41) is 11.7. The third-order valence-corrected chi connectivity index (χ3v) is 5.80. The van der Waals surface area contributed by atoms with Crippen LogP contribution in [0.1, 0.15) is 23.6 Å².